The van der Waals surface area contributed by atoms with Gasteiger partial charge in [-0.05, 0) is 67.0 Å². The Bertz CT molecular complexity index is 792. The fraction of sp³-hybridized carbons (Fsp3) is 0.458. The van der Waals surface area contributed by atoms with Gasteiger partial charge in [0.2, 0.25) is 5.91 Å². The molecule has 1 aliphatic carbocycles. The van der Waals surface area contributed by atoms with Crippen molar-refractivity contribution in [3.8, 4) is 11.1 Å². The van der Waals surface area contributed by atoms with Crippen molar-refractivity contribution in [2.75, 3.05) is 19.3 Å². The minimum Gasteiger partial charge on any atom is -0.342 e. The summed E-state index contributed by atoms with van der Waals surface area (Å²) in [5.41, 5.74) is 11.3. The number of rotatable bonds is 3. The first-order valence-electron chi connectivity index (χ1n) is 10.3. The summed E-state index contributed by atoms with van der Waals surface area (Å²) in [4.78, 5) is 15.1. The molecule has 0 radical (unpaired) electrons. The van der Waals surface area contributed by atoms with Crippen molar-refractivity contribution >= 4 is 18.5 Å². The number of likely N-dealkylation sites (tertiary alicyclic amines) is 1. The minimum atomic E-state index is 0.147. The number of benzene rings is 2. The van der Waals surface area contributed by atoms with E-state index in [0.717, 1.165) is 38.8 Å². The van der Waals surface area contributed by atoms with Crippen LogP contribution in [0.25, 0.3) is 11.1 Å². The van der Waals surface area contributed by atoms with Crippen molar-refractivity contribution in [1.82, 2.24) is 4.90 Å². The molecule has 150 valence electrons. The van der Waals surface area contributed by atoms with E-state index in [1.807, 2.05) is 0 Å². The van der Waals surface area contributed by atoms with Crippen LogP contribution in [0, 0.1) is 12.8 Å². The van der Waals surface area contributed by atoms with Crippen LogP contribution in [0.4, 0.5) is 0 Å². The highest BCUT2D eigenvalue weighted by molar-refractivity contribution is 7.79. The monoisotopic (exact) mass is 396 g/mol. The Morgan fingerprint density at radius 1 is 1.04 bits per heavy atom. The lowest BCUT2D eigenvalue weighted by atomic mass is 9.92. The third-order valence-electron chi connectivity index (χ3n) is 5.96. The number of nitrogens with two attached hydrogens (primary N) is 1. The number of thiol groups is 1. The molecule has 2 N–H and O–H groups in total. The Balaban J connectivity index is 0.00000109. The van der Waals surface area contributed by atoms with Gasteiger partial charge in [0.25, 0.3) is 0 Å². The number of carbonyl (C=O) groups is 1. The maximum atomic E-state index is 13.0. The molecule has 0 bridgehead atoms. The first-order chi connectivity index (χ1) is 13.6. The molecule has 3 atom stereocenters. The summed E-state index contributed by atoms with van der Waals surface area (Å²) < 4.78 is 0. The zero-order valence-corrected chi connectivity index (χ0v) is 17.9. The highest BCUT2D eigenvalue weighted by Gasteiger charge is 2.46. The van der Waals surface area contributed by atoms with Gasteiger partial charge in [-0.2, -0.15) is 12.6 Å². The van der Waals surface area contributed by atoms with Crippen molar-refractivity contribution in [2.24, 2.45) is 11.7 Å². The largest absolute Gasteiger partial charge is 0.342 e. The molecule has 1 amide bonds. The van der Waals surface area contributed by atoms with Crippen molar-refractivity contribution in [1.29, 1.82) is 0 Å². The summed E-state index contributed by atoms with van der Waals surface area (Å²) in [6.07, 6.45) is 5.67. The van der Waals surface area contributed by atoms with E-state index in [1.54, 1.807) is 6.26 Å². The Morgan fingerprint density at radius 2 is 1.79 bits per heavy atom. The van der Waals surface area contributed by atoms with E-state index < -0.39 is 0 Å². The van der Waals surface area contributed by atoms with E-state index in [2.05, 4.69) is 73.0 Å². The van der Waals surface area contributed by atoms with Crippen LogP contribution in [0.1, 0.15) is 42.7 Å². The van der Waals surface area contributed by atoms with Crippen molar-refractivity contribution in [3.63, 3.8) is 0 Å². The summed E-state index contributed by atoms with van der Waals surface area (Å²) in [6, 6.07) is 17.3. The zero-order chi connectivity index (χ0) is 20.1. The average molecular weight is 397 g/mol. The molecule has 1 aliphatic heterocycles. The zero-order valence-electron chi connectivity index (χ0n) is 17.0. The lowest BCUT2D eigenvalue weighted by Gasteiger charge is -2.21. The van der Waals surface area contributed by atoms with Gasteiger partial charge in [-0.15, -0.1) is 0 Å². The number of nitrogens with zero attached hydrogens (tertiary/aromatic N) is 1. The van der Waals surface area contributed by atoms with E-state index in [-0.39, 0.29) is 12.0 Å². The van der Waals surface area contributed by atoms with Crippen LogP contribution < -0.4 is 5.73 Å². The van der Waals surface area contributed by atoms with Crippen molar-refractivity contribution in [2.45, 2.75) is 44.6 Å². The molecule has 4 rings (SSSR count). The highest BCUT2D eigenvalue weighted by Crippen LogP contribution is 2.51. The summed E-state index contributed by atoms with van der Waals surface area (Å²) in [5.74, 6) is 0.840. The van der Waals surface area contributed by atoms with Crippen molar-refractivity contribution < 1.29 is 4.79 Å². The molecular weight excluding hydrogens is 364 g/mol. The number of carbonyl (C=O) groups excluding carboxylic acids is 1. The fourth-order valence-electron chi connectivity index (χ4n) is 4.39. The summed E-state index contributed by atoms with van der Waals surface area (Å²) in [5, 5.41) is 0. The van der Waals surface area contributed by atoms with Crippen LogP contribution >= 0.6 is 12.6 Å². The number of hydrogen-bond donors (Lipinski definition) is 2. The number of aryl methyl sites for hydroxylation is 1. The number of amides is 1. The highest BCUT2D eigenvalue weighted by atomic mass is 32.1. The Hall–Kier alpha value is -1.78. The van der Waals surface area contributed by atoms with E-state index in [9.17, 15) is 4.79 Å². The average Bonchev–Trinajstić information content (AvgIpc) is 3.54. The van der Waals surface area contributed by atoms with Gasteiger partial charge in [0, 0.05) is 25.0 Å². The predicted molar refractivity (Wildman–Crippen MR) is 121 cm³/mol. The van der Waals surface area contributed by atoms with Crippen LogP contribution in [0.3, 0.4) is 0 Å². The standard InChI is InChI=1S/C23H28N2O.CH4S/c1-16-7-5-11-19(22(16)17-8-3-2-4-9-17)20-15-21(20)23(26)25-13-6-10-18(24)12-14-25;1-2/h2-5,7-9,11,18,20-21H,6,10,12-15,24H2,1H3;2H,1H3. The molecule has 1 saturated heterocycles. The summed E-state index contributed by atoms with van der Waals surface area (Å²) in [6.45, 7) is 3.86. The van der Waals surface area contributed by atoms with Gasteiger partial charge in [0.15, 0.2) is 0 Å². The third kappa shape index (κ3) is 4.61. The lowest BCUT2D eigenvalue weighted by molar-refractivity contribution is -0.132. The number of hydrogen-bond acceptors (Lipinski definition) is 3. The quantitative estimate of drug-likeness (QED) is 0.742. The van der Waals surface area contributed by atoms with E-state index in [4.69, 9.17) is 5.73 Å². The van der Waals surface area contributed by atoms with Crippen LogP contribution in [0.15, 0.2) is 48.5 Å². The second-order valence-corrected chi connectivity index (χ2v) is 7.87. The summed E-state index contributed by atoms with van der Waals surface area (Å²) in [7, 11) is 0. The molecule has 2 aromatic carbocycles. The first-order valence-corrected chi connectivity index (χ1v) is 11.2. The van der Waals surface area contributed by atoms with Gasteiger partial charge in [-0.25, -0.2) is 0 Å². The van der Waals surface area contributed by atoms with Gasteiger partial charge < -0.3 is 10.6 Å². The molecule has 2 aliphatic rings. The second-order valence-electron chi connectivity index (χ2n) is 7.87. The molecule has 2 aromatic rings. The van der Waals surface area contributed by atoms with Gasteiger partial charge in [0.05, 0.1) is 0 Å². The van der Waals surface area contributed by atoms with Gasteiger partial charge in [-0.1, -0.05) is 48.5 Å². The van der Waals surface area contributed by atoms with Crippen LogP contribution in [-0.4, -0.2) is 36.2 Å². The van der Waals surface area contributed by atoms with E-state index in [0.29, 0.717) is 11.8 Å². The van der Waals surface area contributed by atoms with E-state index >= 15 is 0 Å². The smallest absolute Gasteiger partial charge is 0.226 e. The lowest BCUT2D eigenvalue weighted by Crippen LogP contribution is -2.34. The fourth-order valence-corrected chi connectivity index (χ4v) is 4.39. The van der Waals surface area contributed by atoms with Crippen LogP contribution in [0.5, 0.6) is 0 Å². The Labute approximate surface area is 174 Å². The molecule has 1 saturated carbocycles. The van der Waals surface area contributed by atoms with Gasteiger partial charge in [-0.3, -0.25) is 4.79 Å². The van der Waals surface area contributed by atoms with E-state index in [1.165, 1.54) is 22.3 Å². The van der Waals surface area contributed by atoms with Crippen LogP contribution in [-0.2, 0) is 4.79 Å². The molecular formula is C24H32N2OS. The van der Waals surface area contributed by atoms with Gasteiger partial charge >= 0.3 is 0 Å². The Morgan fingerprint density at radius 3 is 2.54 bits per heavy atom. The Kier molecular flexibility index (Phi) is 7.19. The molecule has 0 aromatic heterocycles. The first kappa shape index (κ1) is 20.9. The van der Waals surface area contributed by atoms with Gasteiger partial charge in [0.1, 0.15) is 0 Å². The normalized spacial score (nSPS) is 24.0. The molecule has 2 fully saturated rings. The van der Waals surface area contributed by atoms with Crippen LogP contribution in [0.2, 0.25) is 0 Å². The molecule has 0 spiro atoms. The molecule has 28 heavy (non-hydrogen) atoms. The molecule has 3 unspecified atom stereocenters. The maximum Gasteiger partial charge on any atom is 0.226 e. The molecule has 3 nitrogen and oxygen atoms in total. The topological polar surface area (TPSA) is 46.3 Å². The summed E-state index contributed by atoms with van der Waals surface area (Å²) >= 11 is 3.53. The minimum absolute atomic E-state index is 0.147. The maximum absolute atomic E-state index is 13.0. The predicted octanol–water partition coefficient (Wildman–Crippen LogP) is 4.65. The molecule has 1 heterocycles. The molecule has 4 heteroatoms. The SMILES string of the molecule is CS.Cc1cccc(C2CC2C(=O)N2CCCC(N)CC2)c1-c1ccccc1. The third-order valence-corrected chi connectivity index (χ3v) is 5.96. The second kappa shape index (κ2) is 9.62. The van der Waals surface area contributed by atoms with Crippen molar-refractivity contribution in [3.05, 3.63) is 59.7 Å².